The Morgan fingerprint density at radius 3 is 2.41 bits per heavy atom. The highest BCUT2D eigenvalue weighted by atomic mass is 19.1. The number of ether oxygens (including phenoxy) is 3. The summed E-state index contributed by atoms with van der Waals surface area (Å²) in [5.41, 5.74) is 0.418. The molecular weight excluding hydrogens is 377 g/mol. The molecule has 6 nitrogen and oxygen atoms in total. The van der Waals surface area contributed by atoms with E-state index in [1.54, 1.807) is 36.4 Å². The molecular formula is C22H24FNO5. The summed E-state index contributed by atoms with van der Waals surface area (Å²) >= 11 is 0. The number of hydrogen-bond acceptors (Lipinski definition) is 5. The van der Waals surface area contributed by atoms with Crippen LogP contribution >= 0.6 is 0 Å². The quantitative estimate of drug-likeness (QED) is 0.694. The van der Waals surface area contributed by atoms with Crippen molar-refractivity contribution in [2.24, 2.45) is 0 Å². The first-order valence-corrected chi connectivity index (χ1v) is 9.45. The van der Waals surface area contributed by atoms with Crippen LogP contribution in [0.1, 0.15) is 30.6 Å². The molecule has 1 aliphatic heterocycles. The Kier molecular flexibility index (Phi) is 6.36. The van der Waals surface area contributed by atoms with Crippen LogP contribution in [0.5, 0.6) is 11.5 Å². The minimum Gasteiger partial charge on any atom is -0.491 e. The second-order valence-corrected chi connectivity index (χ2v) is 7.09. The van der Waals surface area contributed by atoms with E-state index in [0.717, 1.165) is 0 Å². The van der Waals surface area contributed by atoms with Gasteiger partial charge >= 0.3 is 5.97 Å². The molecule has 2 atom stereocenters. The van der Waals surface area contributed by atoms with Crippen molar-refractivity contribution in [2.45, 2.75) is 38.5 Å². The van der Waals surface area contributed by atoms with Gasteiger partial charge in [-0.15, -0.1) is 0 Å². The van der Waals surface area contributed by atoms with E-state index in [1.165, 1.54) is 24.1 Å². The number of likely N-dealkylation sites (tertiary alicyclic amines) is 1. The molecule has 0 saturated carbocycles. The van der Waals surface area contributed by atoms with Gasteiger partial charge in [0.1, 0.15) is 17.9 Å². The van der Waals surface area contributed by atoms with E-state index in [-0.39, 0.29) is 30.7 Å². The lowest BCUT2D eigenvalue weighted by molar-refractivity contribution is -0.145. The van der Waals surface area contributed by atoms with Gasteiger partial charge in [-0.3, -0.25) is 4.79 Å². The Morgan fingerprint density at radius 2 is 1.79 bits per heavy atom. The third-order valence-corrected chi connectivity index (χ3v) is 4.60. The van der Waals surface area contributed by atoms with E-state index in [2.05, 4.69) is 0 Å². The Balaban J connectivity index is 1.77. The van der Waals surface area contributed by atoms with Crippen LogP contribution in [-0.4, -0.2) is 48.7 Å². The smallest absolute Gasteiger partial charge is 0.328 e. The molecule has 2 unspecified atom stereocenters. The molecule has 3 rings (SSSR count). The van der Waals surface area contributed by atoms with Crippen molar-refractivity contribution >= 4 is 11.9 Å². The average Bonchev–Trinajstić information content (AvgIpc) is 3.12. The molecule has 0 aliphatic carbocycles. The van der Waals surface area contributed by atoms with Crippen LogP contribution in [0, 0.1) is 5.82 Å². The van der Waals surface area contributed by atoms with Gasteiger partial charge in [-0.1, -0.05) is 12.1 Å². The number of rotatable bonds is 6. The Hall–Kier alpha value is -3.09. The van der Waals surface area contributed by atoms with Crippen LogP contribution in [-0.2, 0) is 9.53 Å². The zero-order chi connectivity index (χ0) is 21.0. The lowest BCUT2D eigenvalue weighted by atomic mass is 10.1. The number of carbonyl (C=O) groups is 2. The van der Waals surface area contributed by atoms with E-state index in [9.17, 15) is 14.0 Å². The van der Waals surface area contributed by atoms with Crippen LogP contribution in [0.25, 0.3) is 0 Å². The number of nitrogens with zero attached hydrogens (tertiary/aromatic N) is 1. The number of esters is 1. The van der Waals surface area contributed by atoms with Crippen LogP contribution in [0.2, 0.25) is 0 Å². The predicted molar refractivity (Wildman–Crippen MR) is 104 cm³/mol. The van der Waals surface area contributed by atoms with Gasteiger partial charge in [0.15, 0.2) is 11.6 Å². The molecule has 7 heteroatoms. The van der Waals surface area contributed by atoms with Crippen molar-refractivity contribution in [1.82, 2.24) is 4.90 Å². The first-order chi connectivity index (χ1) is 13.9. The summed E-state index contributed by atoms with van der Waals surface area (Å²) in [5.74, 6) is -0.602. The SMILES string of the molecule is COC(=O)C1CC(Oc2ccccc2F)CN1C(=O)c1ccc(OC(C)C)cc1. The maximum absolute atomic E-state index is 13.9. The molecule has 0 aromatic heterocycles. The van der Waals surface area contributed by atoms with Crippen LogP contribution < -0.4 is 9.47 Å². The summed E-state index contributed by atoms with van der Waals surface area (Å²) in [6.07, 6.45) is -0.278. The molecule has 0 spiro atoms. The minimum absolute atomic E-state index is 0.0233. The molecule has 1 heterocycles. The largest absolute Gasteiger partial charge is 0.491 e. The van der Waals surface area contributed by atoms with Crippen LogP contribution in [0.4, 0.5) is 4.39 Å². The van der Waals surface area contributed by atoms with Crippen molar-refractivity contribution in [1.29, 1.82) is 0 Å². The van der Waals surface area contributed by atoms with Gasteiger partial charge in [-0.2, -0.15) is 0 Å². The van der Waals surface area contributed by atoms with Gasteiger partial charge in [0.25, 0.3) is 5.91 Å². The van der Waals surface area contributed by atoms with E-state index in [4.69, 9.17) is 14.2 Å². The second kappa shape index (κ2) is 8.94. The minimum atomic E-state index is -0.795. The Morgan fingerprint density at radius 1 is 1.10 bits per heavy atom. The highest BCUT2D eigenvalue weighted by molar-refractivity contribution is 5.97. The first-order valence-electron chi connectivity index (χ1n) is 9.45. The van der Waals surface area contributed by atoms with E-state index in [0.29, 0.717) is 11.3 Å². The van der Waals surface area contributed by atoms with Crippen molar-refractivity contribution in [3.8, 4) is 11.5 Å². The molecule has 0 N–H and O–H groups in total. The third kappa shape index (κ3) is 4.85. The van der Waals surface area contributed by atoms with Gasteiger partial charge in [0.05, 0.1) is 19.8 Å². The Labute approximate surface area is 169 Å². The van der Waals surface area contributed by atoms with Crippen LogP contribution in [0.3, 0.4) is 0 Å². The van der Waals surface area contributed by atoms with Crippen LogP contribution in [0.15, 0.2) is 48.5 Å². The number of halogens is 1. The third-order valence-electron chi connectivity index (χ3n) is 4.60. The topological polar surface area (TPSA) is 65.1 Å². The summed E-state index contributed by atoms with van der Waals surface area (Å²) < 4.78 is 30.1. The average molecular weight is 401 g/mol. The highest BCUT2D eigenvalue weighted by Gasteiger charge is 2.42. The van der Waals surface area contributed by atoms with Gasteiger partial charge in [0, 0.05) is 12.0 Å². The summed E-state index contributed by atoms with van der Waals surface area (Å²) in [7, 11) is 1.27. The number of carbonyl (C=O) groups excluding carboxylic acids is 2. The van der Waals surface area contributed by atoms with Gasteiger partial charge < -0.3 is 19.1 Å². The lowest BCUT2D eigenvalue weighted by Gasteiger charge is -2.22. The zero-order valence-electron chi connectivity index (χ0n) is 16.6. The number of para-hydroxylation sites is 1. The lowest BCUT2D eigenvalue weighted by Crippen LogP contribution is -2.41. The molecule has 154 valence electrons. The van der Waals surface area contributed by atoms with E-state index < -0.39 is 23.9 Å². The maximum Gasteiger partial charge on any atom is 0.328 e. The normalized spacial score (nSPS) is 18.6. The van der Waals surface area contributed by atoms with Gasteiger partial charge in [-0.25, -0.2) is 9.18 Å². The summed E-state index contributed by atoms with van der Waals surface area (Å²) in [5, 5.41) is 0. The van der Waals surface area contributed by atoms with Crippen molar-refractivity contribution in [3.63, 3.8) is 0 Å². The number of amides is 1. The fraction of sp³-hybridized carbons (Fsp3) is 0.364. The molecule has 2 aromatic carbocycles. The summed E-state index contributed by atoms with van der Waals surface area (Å²) in [6, 6.07) is 12.0. The van der Waals surface area contributed by atoms with Crippen molar-refractivity contribution in [3.05, 3.63) is 59.9 Å². The molecule has 1 fully saturated rings. The first kappa shape index (κ1) is 20.6. The number of hydrogen-bond donors (Lipinski definition) is 0. The molecule has 1 saturated heterocycles. The standard InChI is InChI=1S/C22H24FNO5/c1-14(2)28-16-10-8-15(9-11-16)21(25)24-13-17(12-19(24)22(26)27-3)29-20-7-5-4-6-18(20)23/h4-11,14,17,19H,12-13H2,1-3H3. The molecule has 29 heavy (non-hydrogen) atoms. The molecule has 1 aliphatic rings. The molecule has 1 amide bonds. The number of methoxy groups -OCH3 is 1. The van der Waals surface area contributed by atoms with Crippen molar-refractivity contribution < 1.29 is 28.2 Å². The summed E-state index contributed by atoms with van der Waals surface area (Å²) in [4.78, 5) is 26.7. The molecule has 2 aromatic rings. The van der Waals surface area contributed by atoms with Gasteiger partial charge in [-0.05, 0) is 50.2 Å². The fourth-order valence-corrected chi connectivity index (χ4v) is 3.30. The second-order valence-electron chi connectivity index (χ2n) is 7.09. The zero-order valence-corrected chi connectivity index (χ0v) is 16.6. The molecule has 0 bridgehead atoms. The van der Waals surface area contributed by atoms with Gasteiger partial charge in [0.2, 0.25) is 0 Å². The predicted octanol–water partition coefficient (Wildman–Crippen LogP) is 3.45. The fourth-order valence-electron chi connectivity index (χ4n) is 3.30. The molecule has 0 radical (unpaired) electrons. The highest BCUT2D eigenvalue weighted by Crippen LogP contribution is 2.27. The maximum atomic E-state index is 13.9. The Bertz CT molecular complexity index is 868. The van der Waals surface area contributed by atoms with Crippen molar-refractivity contribution in [2.75, 3.05) is 13.7 Å². The number of benzene rings is 2. The van der Waals surface area contributed by atoms with E-state index in [1.807, 2.05) is 13.8 Å². The summed E-state index contributed by atoms with van der Waals surface area (Å²) in [6.45, 7) is 3.98. The monoisotopic (exact) mass is 401 g/mol. The van der Waals surface area contributed by atoms with E-state index >= 15 is 0 Å².